The van der Waals surface area contributed by atoms with E-state index in [2.05, 4.69) is 38.1 Å². The smallest absolute Gasteiger partial charge is 0.873 e. The van der Waals surface area contributed by atoms with Crippen molar-refractivity contribution in [2.75, 3.05) is 0 Å². The molecule has 5 heteroatoms. The Morgan fingerprint density at radius 2 is 1.11 bits per heavy atom. The molecule has 0 fully saturated rings. The Labute approximate surface area is 220 Å². The van der Waals surface area contributed by atoms with Crippen LogP contribution in [0.25, 0.3) is 0 Å². The maximum atomic E-state index is 10.5. The zero-order valence-electron chi connectivity index (χ0n) is 21.0. The van der Waals surface area contributed by atoms with Crippen LogP contribution in [-0.4, -0.2) is 11.4 Å². The van der Waals surface area contributed by atoms with Crippen molar-refractivity contribution in [2.24, 2.45) is 9.98 Å². The number of aryl methyl sites for hydroxylation is 1. The van der Waals surface area contributed by atoms with Gasteiger partial charge in [-0.25, -0.2) is 0 Å². The van der Waals surface area contributed by atoms with Gasteiger partial charge >= 0.3 is 16.5 Å². The van der Waals surface area contributed by atoms with Gasteiger partial charge in [0.15, 0.2) is 0 Å². The number of para-hydroxylation sites is 2. The molecule has 0 radical (unpaired) electrons. The van der Waals surface area contributed by atoms with Crippen molar-refractivity contribution in [3.63, 3.8) is 0 Å². The summed E-state index contributed by atoms with van der Waals surface area (Å²) in [5.41, 5.74) is 5.17. The average Bonchev–Trinajstić information content (AvgIpc) is 2.85. The second kappa shape index (κ2) is 17.5. The molecule has 0 spiro atoms. The molecule has 3 rings (SSSR count). The van der Waals surface area contributed by atoms with Gasteiger partial charge in [-0.05, 0) is 56.9 Å². The van der Waals surface area contributed by atoms with Gasteiger partial charge in [0.05, 0.1) is 22.8 Å². The van der Waals surface area contributed by atoms with Crippen LogP contribution in [0.3, 0.4) is 0 Å². The van der Waals surface area contributed by atoms with Crippen molar-refractivity contribution in [2.45, 2.75) is 65.7 Å². The Kier molecular flexibility index (Phi) is 15.1. The number of hydrogen-bond donors (Lipinski definition) is 0. The number of rotatable bonds is 10. The van der Waals surface area contributed by atoms with E-state index in [4.69, 9.17) is 9.98 Å². The zero-order valence-corrected chi connectivity index (χ0v) is 22.0. The van der Waals surface area contributed by atoms with Crippen molar-refractivity contribution in [3.8, 4) is 11.5 Å². The summed E-state index contributed by atoms with van der Waals surface area (Å²) in [5.74, 6) is -0.851. The van der Waals surface area contributed by atoms with Gasteiger partial charge in [0.1, 0.15) is 0 Å². The Bertz CT molecular complexity index is 1030. The molecule has 0 amide bonds. The summed E-state index contributed by atoms with van der Waals surface area (Å²) < 4.78 is 0. The van der Waals surface area contributed by atoms with Crippen molar-refractivity contribution in [1.29, 1.82) is 0 Å². The fourth-order valence-corrected chi connectivity index (χ4v) is 3.35. The van der Waals surface area contributed by atoms with E-state index in [-0.39, 0.29) is 16.5 Å². The monoisotopic (exact) mass is 514 g/mol. The number of unbranched alkanes of at least 4 members (excludes halogenated alkanes) is 3. The average molecular weight is 515 g/mol. The van der Waals surface area contributed by atoms with Crippen molar-refractivity contribution in [1.82, 2.24) is 0 Å². The first-order valence-electron chi connectivity index (χ1n) is 12.2. The Hall–Kier alpha value is -2.91. The van der Waals surface area contributed by atoms with Crippen LogP contribution in [0.4, 0.5) is 11.4 Å². The summed E-state index contributed by atoms with van der Waals surface area (Å²) in [6.45, 7) is 6.25. The first kappa shape index (κ1) is 30.1. The van der Waals surface area contributed by atoms with E-state index in [0.717, 1.165) is 47.6 Å². The van der Waals surface area contributed by atoms with E-state index < -0.39 is 11.5 Å². The molecule has 0 saturated heterocycles. The second-order valence-electron chi connectivity index (χ2n) is 8.30. The molecule has 0 unspecified atom stereocenters. The minimum absolute atomic E-state index is 0. The normalized spacial score (nSPS) is 11.3. The molecule has 0 atom stereocenters. The Morgan fingerprint density at radius 3 is 1.54 bits per heavy atom. The molecule has 0 bridgehead atoms. The van der Waals surface area contributed by atoms with Gasteiger partial charge < -0.3 is 10.2 Å². The molecule has 0 N–H and O–H groups in total. The topological polar surface area (TPSA) is 70.8 Å². The number of aliphatic imine (C=N–C) groups is 2. The number of nitrogens with zero attached hydrogens (tertiary/aromatic N) is 2. The van der Waals surface area contributed by atoms with Gasteiger partial charge in [-0.15, -0.1) is 11.5 Å². The first-order valence-corrected chi connectivity index (χ1v) is 12.2. The predicted octanol–water partition coefficient (Wildman–Crippen LogP) is 7.44. The third-order valence-corrected chi connectivity index (χ3v) is 5.26. The standard InChI is InChI=1S/C23H30N2.C7H8O2.Ni/c1-3-5-9-19-23(25-21-16-12-8-13-17-21)22(18-6-4-2)24-20-14-10-7-11-15-20;1-5-2-3-6(8)7(9)4-5;/h7-8,10-17H,3-6,9,18-19H2,1-2H3;2-4,8-9H,1H3;/q;;+2/p-2. The minimum Gasteiger partial charge on any atom is -0.873 e. The van der Waals surface area contributed by atoms with E-state index in [0.29, 0.717) is 0 Å². The van der Waals surface area contributed by atoms with Gasteiger partial charge in [0.2, 0.25) is 0 Å². The van der Waals surface area contributed by atoms with Crippen LogP contribution in [0.2, 0.25) is 0 Å². The third kappa shape index (κ3) is 11.9. The van der Waals surface area contributed by atoms with E-state index in [1.54, 1.807) is 13.0 Å². The van der Waals surface area contributed by atoms with Crippen molar-refractivity contribution < 1.29 is 26.7 Å². The van der Waals surface area contributed by atoms with Gasteiger partial charge in [0, 0.05) is 0 Å². The maximum Gasteiger partial charge on any atom is 2.00 e. The molecule has 0 aliphatic rings. The van der Waals surface area contributed by atoms with Gasteiger partial charge in [-0.2, -0.15) is 0 Å². The molecule has 188 valence electrons. The summed E-state index contributed by atoms with van der Waals surface area (Å²) in [6, 6.07) is 24.8. The van der Waals surface area contributed by atoms with Gasteiger partial charge in [-0.1, -0.05) is 93.3 Å². The van der Waals surface area contributed by atoms with E-state index >= 15 is 0 Å². The van der Waals surface area contributed by atoms with Crippen LogP contribution in [0.15, 0.2) is 88.8 Å². The summed E-state index contributed by atoms with van der Waals surface area (Å²) in [5, 5.41) is 21.0. The predicted molar refractivity (Wildman–Crippen MR) is 141 cm³/mol. The van der Waals surface area contributed by atoms with Crippen LogP contribution in [-0.2, 0) is 16.5 Å². The molecule has 0 heterocycles. The molecule has 4 nitrogen and oxygen atoms in total. The molecule has 35 heavy (non-hydrogen) atoms. The van der Waals surface area contributed by atoms with E-state index in [1.165, 1.54) is 37.8 Å². The molecule has 3 aromatic rings. The quantitative estimate of drug-likeness (QED) is 0.160. The first-order chi connectivity index (χ1) is 16.5. The van der Waals surface area contributed by atoms with Gasteiger partial charge in [-0.3, -0.25) is 9.98 Å². The summed E-state index contributed by atoms with van der Waals surface area (Å²) in [6.07, 6.45) is 7.93. The SMILES string of the molecule is CCCCCC(=Nc1ccccc1)C(CCCC)=Nc1ccccc1.Cc1ccc([O-])c([O-])c1.[Ni+2]. The molecule has 3 aromatic carbocycles. The fraction of sp³-hybridized carbons (Fsp3) is 0.333. The molecule has 0 aliphatic heterocycles. The molecule has 0 saturated carbocycles. The number of hydrogen-bond acceptors (Lipinski definition) is 4. The van der Waals surface area contributed by atoms with Crippen LogP contribution in [0.1, 0.15) is 64.4 Å². The van der Waals surface area contributed by atoms with Crippen LogP contribution in [0, 0.1) is 6.92 Å². The van der Waals surface area contributed by atoms with E-state index in [1.807, 2.05) is 36.4 Å². The molecule has 0 aliphatic carbocycles. The molecular formula is C30H36N2NiO2. The summed E-state index contributed by atoms with van der Waals surface area (Å²) in [4.78, 5) is 9.92. The van der Waals surface area contributed by atoms with Crippen LogP contribution in [0.5, 0.6) is 11.5 Å². The van der Waals surface area contributed by atoms with Gasteiger partial charge in [0.25, 0.3) is 0 Å². The maximum absolute atomic E-state index is 10.5. The summed E-state index contributed by atoms with van der Waals surface area (Å²) in [7, 11) is 0. The Morgan fingerprint density at radius 1 is 0.629 bits per heavy atom. The van der Waals surface area contributed by atoms with Crippen LogP contribution < -0.4 is 10.2 Å². The zero-order chi connectivity index (χ0) is 24.6. The molecule has 0 aromatic heterocycles. The second-order valence-corrected chi connectivity index (χ2v) is 8.30. The Balaban J connectivity index is 0.000000516. The van der Waals surface area contributed by atoms with E-state index in [9.17, 15) is 10.2 Å². The third-order valence-electron chi connectivity index (χ3n) is 5.26. The van der Waals surface area contributed by atoms with Crippen LogP contribution >= 0.6 is 0 Å². The largest absolute Gasteiger partial charge is 2.00 e. The minimum atomic E-state index is -0.430. The summed E-state index contributed by atoms with van der Waals surface area (Å²) >= 11 is 0. The molecular weight excluding hydrogens is 479 g/mol. The fourth-order valence-electron chi connectivity index (χ4n) is 3.35. The number of benzene rings is 3. The van der Waals surface area contributed by atoms with Crippen molar-refractivity contribution in [3.05, 3.63) is 84.4 Å². The van der Waals surface area contributed by atoms with Crippen molar-refractivity contribution >= 4 is 22.8 Å².